The molecule has 118 valence electrons. The molecule has 0 radical (unpaired) electrons. The predicted octanol–water partition coefficient (Wildman–Crippen LogP) is 2.40. The van der Waals surface area contributed by atoms with Crippen LogP contribution in [0.4, 0.5) is 4.79 Å². The first-order chi connectivity index (χ1) is 9.69. The quantitative estimate of drug-likeness (QED) is 0.849. The van der Waals surface area contributed by atoms with Gasteiger partial charge in [0.05, 0.1) is 22.3 Å². The zero-order valence-corrected chi connectivity index (χ0v) is 14.2. The van der Waals surface area contributed by atoms with Gasteiger partial charge in [-0.05, 0) is 28.8 Å². The van der Waals surface area contributed by atoms with Gasteiger partial charge in [0.1, 0.15) is 0 Å². The van der Waals surface area contributed by atoms with E-state index >= 15 is 0 Å². The number of hydrogen-bond acceptors (Lipinski definition) is 3. The summed E-state index contributed by atoms with van der Waals surface area (Å²) in [6.45, 7) is 7.05. The standard InChI is InChI=1S/C14H22BrN3O3/c1-13(2,3)11-10(15)8-18(16-11)14(9-19)4-6-17(7-5-14)12(20)21/h8,19H,4-7,9H2,1-3H3,(H,20,21). The van der Waals surface area contributed by atoms with Crippen molar-refractivity contribution >= 4 is 22.0 Å². The van der Waals surface area contributed by atoms with Gasteiger partial charge in [0.2, 0.25) is 0 Å². The van der Waals surface area contributed by atoms with Crippen LogP contribution in [0.3, 0.4) is 0 Å². The first-order valence-corrected chi connectivity index (χ1v) is 7.84. The summed E-state index contributed by atoms with van der Waals surface area (Å²) in [5, 5.41) is 23.6. The van der Waals surface area contributed by atoms with Crippen LogP contribution in [0, 0.1) is 0 Å². The summed E-state index contributed by atoms with van der Waals surface area (Å²) < 4.78 is 2.74. The minimum Gasteiger partial charge on any atom is -0.465 e. The summed E-state index contributed by atoms with van der Waals surface area (Å²) in [5.74, 6) is 0. The van der Waals surface area contributed by atoms with Crippen molar-refractivity contribution in [2.24, 2.45) is 0 Å². The lowest BCUT2D eigenvalue weighted by Crippen LogP contribution is -2.50. The topological polar surface area (TPSA) is 78.6 Å². The molecule has 2 N–H and O–H groups in total. The molecule has 0 saturated carbocycles. The Morgan fingerprint density at radius 1 is 1.43 bits per heavy atom. The van der Waals surface area contributed by atoms with E-state index in [0.29, 0.717) is 25.9 Å². The van der Waals surface area contributed by atoms with Gasteiger partial charge in [-0.2, -0.15) is 5.10 Å². The van der Waals surface area contributed by atoms with Crippen LogP contribution in [0.15, 0.2) is 10.7 Å². The highest BCUT2D eigenvalue weighted by Gasteiger charge is 2.39. The van der Waals surface area contributed by atoms with Crippen molar-refractivity contribution in [1.29, 1.82) is 0 Å². The molecule has 0 unspecified atom stereocenters. The molecule has 0 bridgehead atoms. The Labute approximate surface area is 132 Å². The van der Waals surface area contributed by atoms with E-state index in [2.05, 4.69) is 41.8 Å². The van der Waals surface area contributed by atoms with E-state index in [-0.39, 0.29) is 12.0 Å². The Bertz CT molecular complexity index is 528. The van der Waals surface area contributed by atoms with Crippen molar-refractivity contribution < 1.29 is 15.0 Å². The molecule has 2 heterocycles. The van der Waals surface area contributed by atoms with E-state index in [4.69, 9.17) is 5.11 Å². The lowest BCUT2D eigenvalue weighted by molar-refractivity contribution is 0.0432. The van der Waals surface area contributed by atoms with Gasteiger partial charge in [0, 0.05) is 24.7 Å². The fraction of sp³-hybridized carbons (Fsp3) is 0.714. The zero-order valence-electron chi connectivity index (χ0n) is 12.6. The smallest absolute Gasteiger partial charge is 0.407 e. The van der Waals surface area contributed by atoms with Crippen LogP contribution in [0.1, 0.15) is 39.3 Å². The molecule has 1 aliphatic rings. The summed E-state index contributed by atoms with van der Waals surface area (Å²) >= 11 is 3.54. The second kappa shape index (κ2) is 5.61. The number of rotatable bonds is 2. The molecule has 6 nitrogen and oxygen atoms in total. The highest BCUT2D eigenvalue weighted by molar-refractivity contribution is 9.10. The average molecular weight is 360 g/mol. The second-order valence-corrected chi connectivity index (χ2v) is 7.53. The van der Waals surface area contributed by atoms with Crippen LogP contribution in [0.5, 0.6) is 0 Å². The Morgan fingerprint density at radius 2 is 2.00 bits per heavy atom. The third-order valence-electron chi connectivity index (χ3n) is 4.12. The largest absolute Gasteiger partial charge is 0.465 e. The van der Waals surface area contributed by atoms with Crippen molar-refractivity contribution in [2.45, 2.75) is 44.6 Å². The van der Waals surface area contributed by atoms with Gasteiger partial charge in [-0.1, -0.05) is 20.8 Å². The van der Waals surface area contributed by atoms with E-state index in [9.17, 15) is 9.90 Å². The Kier molecular flexibility index (Phi) is 4.35. The van der Waals surface area contributed by atoms with Crippen LogP contribution in [0.2, 0.25) is 0 Å². The first kappa shape index (κ1) is 16.3. The SMILES string of the molecule is CC(C)(C)c1nn(C2(CO)CCN(C(=O)O)CC2)cc1Br. The molecule has 1 fully saturated rings. The minimum atomic E-state index is -0.904. The van der Waals surface area contributed by atoms with Crippen LogP contribution >= 0.6 is 15.9 Å². The molecule has 2 rings (SSSR count). The fourth-order valence-electron chi connectivity index (χ4n) is 2.68. The van der Waals surface area contributed by atoms with E-state index in [1.54, 1.807) is 0 Å². The molecular weight excluding hydrogens is 338 g/mol. The number of carbonyl (C=O) groups is 1. The summed E-state index contributed by atoms with van der Waals surface area (Å²) in [6, 6.07) is 0. The molecule has 1 aromatic heterocycles. The van der Waals surface area contributed by atoms with Gasteiger partial charge in [-0.25, -0.2) is 4.79 Å². The second-order valence-electron chi connectivity index (χ2n) is 6.67. The third-order valence-corrected chi connectivity index (χ3v) is 4.71. The lowest BCUT2D eigenvalue weighted by atomic mass is 9.88. The molecule has 21 heavy (non-hydrogen) atoms. The molecule has 0 aromatic carbocycles. The van der Waals surface area contributed by atoms with Gasteiger partial charge < -0.3 is 15.1 Å². The van der Waals surface area contributed by atoms with Crippen LogP contribution in [0.25, 0.3) is 0 Å². The molecule has 0 aliphatic carbocycles. The predicted molar refractivity (Wildman–Crippen MR) is 82.5 cm³/mol. The van der Waals surface area contributed by atoms with Gasteiger partial charge in [0.15, 0.2) is 0 Å². The highest BCUT2D eigenvalue weighted by Crippen LogP contribution is 2.34. The molecule has 0 spiro atoms. The Hall–Kier alpha value is -1.08. The van der Waals surface area contributed by atoms with Crippen molar-refractivity contribution in [3.63, 3.8) is 0 Å². The molecule has 1 saturated heterocycles. The highest BCUT2D eigenvalue weighted by atomic mass is 79.9. The van der Waals surface area contributed by atoms with E-state index < -0.39 is 11.6 Å². The molecule has 1 aliphatic heterocycles. The van der Waals surface area contributed by atoms with E-state index in [1.165, 1.54) is 4.90 Å². The maximum Gasteiger partial charge on any atom is 0.407 e. The van der Waals surface area contributed by atoms with Crippen LogP contribution in [-0.4, -0.2) is 50.7 Å². The summed E-state index contributed by atoms with van der Waals surface area (Å²) in [6.07, 6.45) is 2.12. The summed E-state index contributed by atoms with van der Waals surface area (Å²) in [7, 11) is 0. The molecule has 1 amide bonds. The minimum absolute atomic E-state index is 0.0435. The van der Waals surface area contributed by atoms with E-state index in [0.717, 1.165) is 10.2 Å². The van der Waals surface area contributed by atoms with Gasteiger partial charge in [0.25, 0.3) is 0 Å². The summed E-state index contributed by atoms with van der Waals surface area (Å²) in [4.78, 5) is 12.4. The first-order valence-electron chi connectivity index (χ1n) is 7.04. The number of halogens is 1. The van der Waals surface area contributed by atoms with Gasteiger partial charge in [-0.15, -0.1) is 0 Å². The number of nitrogens with zero attached hydrogens (tertiary/aromatic N) is 3. The Balaban J connectivity index is 2.29. The number of hydrogen-bond donors (Lipinski definition) is 2. The normalized spacial score (nSPS) is 18.8. The van der Waals surface area contributed by atoms with E-state index in [1.807, 2.05) is 10.9 Å². The number of aliphatic hydroxyl groups excluding tert-OH is 1. The fourth-order valence-corrected chi connectivity index (χ4v) is 3.55. The van der Waals surface area contributed by atoms with Gasteiger partial charge >= 0.3 is 6.09 Å². The van der Waals surface area contributed by atoms with Gasteiger partial charge in [-0.3, -0.25) is 4.68 Å². The molecule has 0 atom stereocenters. The Morgan fingerprint density at radius 3 is 2.38 bits per heavy atom. The van der Waals surface area contributed by atoms with Crippen molar-refractivity contribution in [1.82, 2.24) is 14.7 Å². The molecule has 7 heteroatoms. The maximum absolute atomic E-state index is 11.0. The number of amides is 1. The monoisotopic (exact) mass is 359 g/mol. The maximum atomic E-state index is 11.0. The number of likely N-dealkylation sites (tertiary alicyclic amines) is 1. The summed E-state index contributed by atoms with van der Waals surface area (Å²) in [5.41, 5.74) is 0.330. The van der Waals surface area contributed by atoms with Crippen LogP contribution in [-0.2, 0) is 11.0 Å². The van der Waals surface area contributed by atoms with Crippen molar-refractivity contribution in [2.75, 3.05) is 19.7 Å². The molecular formula is C14H22BrN3O3. The number of aromatic nitrogens is 2. The lowest BCUT2D eigenvalue weighted by Gasteiger charge is -2.39. The number of aliphatic hydroxyl groups is 1. The zero-order chi connectivity index (χ0) is 15.8. The van der Waals surface area contributed by atoms with Crippen molar-refractivity contribution in [3.8, 4) is 0 Å². The van der Waals surface area contributed by atoms with Crippen LogP contribution < -0.4 is 0 Å². The average Bonchev–Trinajstić information content (AvgIpc) is 2.81. The third kappa shape index (κ3) is 3.08. The van der Waals surface area contributed by atoms with Crippen molar-refractivity contribution in [3.05, 3.63) is 16.4 Å². The molecule has 1 aromatic rings. The number of piperidine rings is 1. The number of carboxylic acid groups (broad SMARTS) is 1.